The van der Waals surface area contributed by atoms with Crippen molar-refractivity contribution >= 4 is 47.8 Å². The largest absolute Gasteiger partial charge is 0.393 e. The van der Waals surface area contributed by atoms with Crippen molar-refractivity contribution in [2.75, 3.05) is 54.5 Å². The number of nitrogens with two attached hydrogens (primary N) is 1. The highest BCUT2D eigenvalue weighted by atomic mass is 35.5. The van der Waals surface area contributed by atoms with E-state index in [0.29, 0.717) is 32.4 Å². The summed E-state index contributed by atoms with van der Waals surface area (Å²) in [7, 11) is 0. The van der Waals surface area contributed by atoms with E-state index < -0.39 is 70.5 Å². The van der Waals surface area contributed by atoms with E-state index in [2.05, 4.69) is 10.3 Å². The molecule has 7 nitrogen and oxygen atoms in total. The molecule has 0 bridgehead atoms. The number of anilines is 3. The Labute approximate surface area is 260 Å². The minimum absolute atomic E-state index is 0. The summed E-state index contributed by atoms with van der Waals surface area (Å²) < 4.78 is 106. The second-order valence-electron chi connectivity index (χ2n) is 10.2. The number of aromatic nitrogens is 1. The quantitative estimate of drug-likeness (QED) is 0.327. The second-order valence-corrected chi connectivity index (χ2v) is 10.2. The van der Waals surface area contributed by atoms with Gasteiger partial charge in [-0.1, -0.05) is 0 Å². The van der Waals surface area contributed by atoms with Gasteiger partial charge in [-0.2, -0.15) is 13.2 Å². The van der Waals surface area contributed by atoms with Crippen LogP contribution >= 0.6 is 24.8 Å². The molecule has 1 amide bonds. The van der Waals surface area contributed by atoms with Crippen LogP contribution in [0.25, 0.3) is 11.1 Å². The van der Waals surface area contributed by atoms with Crippen molar-refractivity contribution in [1.29, 1.82) is 0 Å². The van der Waals surface area contributed by atoms with Crippen molar-refractivity contribution in [3.8, 4) is 11.1 Å². The van der Waals surface area contributed by atoms with Gasteiger partial charge in [0.05, 0.1) is 53.4 Å². The summed E-state index contributed by atoms with van der Waals surface area (Å²) in [6.07, 6.45) is -2.30. The van der Waals surface area contributed by atoms with E-state index in [1.54, 1.807) is 4.90 Å². The van der Waals surface area contributed by atoms with Gasteiger partial charge in [0.1, 0.15) is 23.3 Å². The second kappa shape index (κ2) is 14.2. The molecule has 0 radical (unpaired) electrons. The van der Waals surface area contributed by atoms with Crippen LogP contribution in [0.2, 0.25) is 0 Å². The van der Waals surface area contributed by atoms with Crippen LogP contribution in [-0.2, 0) is 4.74 Å². The minimum atomic E-state index is -4.49. The van der Waals surface area contributed by atoms with E-state index in [-0.39, 0.29) is 54.8 Å². The molecular formula is C28H28Cl2F7N5O2. The number of hydrogen-bond donors (Lipinski definition) is 2. The van der Waals surface area contributed by atoms with Gasteiger partial charge < -0.3 is 25.6 Å². The Hall–Kier alpha value is -3.33. The number of carbonyl (C=O) groups is 1. The van der Waals surface area contributed by atoms with Crippen LogP contribution in [0.4, 0.5) is 47.8 Å². The topological polar surface area (TPSA) is 83.7 Å². The molecule has 2 atom stereocenters. The minimum Gasteiger partial charge on any atom is -0.378 e. The lowest BCUT2D eigenvalue weighted by molar-refractivity contribution is -0.177. The molecule has 0 saturated carbocycles. The highest BCUT2D eigenvalue weighted by molar-refractivity contribution is 6.06. The van der Waals surface area contributed by atoms with Crippen molar-refractivity contribution in [2.24, 2.45) is 11.7 Å². The van der Waals surface area contributed by atoms with Gasteiger partial charge in [0.15, 0.2) is 0 Å². The molecule has 3 aromatic rings. The molecule has 240 valence electrons. The van der Waals surface area contributed by atoms with Crippen LogP contribution in [0.1, 0.15) is 16.8 Å². The maximum absolute atomic E-state index is 15.6. The van der Waals surface area contributed by atoms with Gasteiger partial charge >= 0.3 is 6.18 Å². The maximum atomic E-state index is 15.6. The van der Waals surface area contributed by atoms with Crippen LogP contribution in [0.5, 0.6) is 0 Å². The lowest BCUT2D eigenvalue weighted by atomic mass is 9.93. The number of halogens is 9. The molecule has 1 aromatic heterocycles. The first-order chi connectivity index (χ1) is 19.9. The fourth-order valence-corrected chi connectivity index (χ4v) is 5.28. The molecule has 16 heteroatoms. The van der Waals surface area contributed by atoms with Gasteiger partial charge in [0.25, 0.3) is 5.91 Å². The van der Waals surface area contributed by atoms with Gasteiger partial charge in [0, 0.05) is 44.1 Å². The Kier molecular flexibility index (Phi) is 11.3. The molecule has 2 aliphatic rings. The van der Waals surface area contributed by atoms with Gasteiger partial charge in [-0.25, -0.2) is 17.6 Å². The van der Waals surface area contributed by atoms with Crippen molar-refractivity contribution in [3.05, 3.63) is 71.6 Å². The summed E-state index contributed by atoms with van der Waals surface area (Å²) in [6.45, 7) is 1.04. The first-order valence-electron chi connectivity index (χ1n) is 13.1. The predicted octanol–water partition coefficient (Wildman–Crippen LogP) is 5.95. The van der Waals surface area contributed by atoms with Crippen molar-refractivity contribution in [1.82, 2.24) is 4.98 Å². The molecular weight excluding hydrogens is 642 g/mol. The normalized spacial score (nSPS) is 18.7. The number of carbonyl (C=O) groups excluding carboxylic acids is 1. The van der Waals surface area contributed by atoms with Gasteiger partial charge in [0.2, 0.25) is 0 Å². The number of hydrogen-bond acceptors (Lipinski definition) is 6. The first-order valence-corrected chi connectivity index (χ1v) is 13.1. The average molecular weight is 670 g/mol. The van der Waals surface area contributed by atoms with Crippen LogP contribution in [0.15, 0.2) is 42.7 Å². The molecule has 2 fully saturated rings. The summed E-state index contributed by atoms with van der Waals surface area (Å²) in [5, 5.41) is 2.38. The number of benzene rings is 2. The number of piperidine rings is 1. The van der Waals surface area contributed by atoms with E-state index in [9.17, 15) is 22.4 Å². The summed E-state index contributed by atoms with van der Waals surface area (Å²) in [4.78, 5) is 20.0. The molecule has 2 aliphatic heterocycles. The van der Waals surface area contributed by atoms with Crippen molar-refractivity contribution in [2.45, 2.75) is 18.6 Å². The highest BCUT2D eigenvalue weighted by Gasteiger charge is 2.44. The molecule has 5 rings (SSSR count). The van der Waals surface area contributed by atoms with Crippen LogP contribution in [0, 0.1) is 29.2 Å². The first kappa shape index (κ1) is 35.2. The Bertz CT molecular complexity index is 1470. The summed E-state index contributed by atoms with van der Waals surface area (Å²) >= 11 is 0. The molecule has 0 aliphatic carbocycles. The third-order valence-corrected chi connectivity index (χ3v) is 7.32. The lowest BCUT2D eigenvalue weighted by Gasteiger charge is -2.39. The molecule has 3 heterocycles. The highest BCUT2D eigenvalue weighted by Crippen LogP contribution is 2.38. The Morgan fingerprint density at radius 3 is 2.23 bits per heavy atom. The molecule has 2 saturated heterocycles. The molecule has 0 unspecified atom stereocenters. The van der Waals surface area contributed by atoms with Crippen LogP contribution in [-0.4, -0.2) is 62.5 Å². The number of alkyl halides is 3. The standard InChI is InChI=1S/C28H26F7N5O2.2ClH/c29-19-2-1-18(26(32)25(19)24-20(30)10-17(11-21(24)31)39-5-7-42-8-6-39)27(41)38-22-12-37-4-3-23(22)40-13-15(28(33,34)35)9-16(36)14-40;;/h1-4,10-12,15-16H,5-9,13-14,36H2,(H,38,41);2*1H/t15-,16+;;/m1../s1. The van der Waals surface area contributed by atoms with E-state index >= 15 is 13.2 Å². The number of pyridine rings is 1. The average Bonchev–Trinajstić information content (AvgIpc) is 2.94. The van der Waals surface area contributed by atoms with E-state index in [1.165, 1.54) is 17.2 Å². The van der Waals surface area contributed by atoms with Crippen molar-refractivity contribution < 1.29 is 40.3 Å². The number of amides is 1. The zero-order valence-electron chi connectivity index (χ0n) is 22.8. The Balaban J connectivity index is 0.00000264. The van der Waals surface area contributed by atoms with Crippen LogP contribution < -0.4 is 20.9 Å². The Morgan fingerprint density at radius 1 is 0.932 bits per heavy atom. The summed E-state index contributed by atoms with van der Waals surface area (Å²) in [6, 6.07) is 3.97. The zero-order chi connectivity index (χ0) is 30.2. The summed E-state index contributed by atoms with van der Waals surface area (Å²) in [5.41, 5.74) is 3.32. The number of nitrogens with one attached hydrogen (secondary N) is 1. The van der Waals surface area contributed by atoms with E-state index in [0.717, 1.165) is 24.4 Å². The number of nitrogens with zero attached hydrogens (tertiary/aromatic N) is 3. The van der Waals surface area contributed by atoms with E-state index in [1.807, 2.05) is 0 Å². The van der Waals surface area contributed by atoms with Crippen LogP contribution in [0.3, 0.4) is 0 Å². The Morgan fingerprint density at radius 2 is 1.59 bits per heavy atom. The fraction of sp³-hybridized carbons (Fsp3) is 0.357. The van der Waals surface area contributed by atoms with Gasteiger partial charge in [-0.05, 0) is 36.8 Å². The summed E-state index contributed by atoms with van der Waals surface area (Å²) in [5.74, 6) is -8.14. The molecule has 2 aromatic carbocycles. The lowest BCUT2D eigenvalue weighted by Crippen LogP contribution is -2.51. The maximum Gasteiger partial charge on any atom is 0.393 e. The number of rotatable bonds is 5. The molecule has 44 heavy (non-hydrogen) atoms. The number of ether oxygens (including phenoxy) is 1. The van der Waals surface area contributed by atoms with Crippen molar-refractivity contribution in [3.63, 3.8) is 0 Å². The van der Waals surface area contributed by atoms with Gasteiger partial charge in [-0.3, -0.25) is 9.78 Å². The monoisotopic (exact) mass is 669 g/mol. The smallest absolute Gasteiger partial charge is 0.378 e. The third kappa shape index (κ3) is 7.31. The predicted molar refractivity (Wildman–Crippen MR) is 156 cm³/mol. The third-order valence-electron chi connectivity index (χ3n) is 7.32. The van der Waals surface area contributed by atoms with E-state index in [4.69, 9.17) is 10.5 Å². The fourth-order valence-electron chi connectivity index (χ4n) is 5.28. The van der Waals surface area contributed by atoms with Gasteiger partial charge in [-0.15, -0.1) is 24.8 Å². The molecule has 0 spiro atoms. The zero-order valence-corrected chi connectivity index (χ0v) is 24.5. The SMILES string of the molecule is Cl.Cl.N[C@H]1C[C@@H](C(F)(F)F)CN(c2ccncc2NC(=O)c2ccc(F)c(-c3c(F)cc(N4CCOCC4)cc3F)c2F)C1. The molecule has 3 N–H and O–H groups in total. The number of morpholine rings is 1.